The monoisotopic (exact) mass is 217 g/mol. The lowest BCUT2D eigenvalue weighted by Gasteiger charge is -2.11. The molecule has 1 aliphatic rings. The molecule has 1 aromatic rings. The Hall–Kier alpha value is -1.77. The van der Waals surface area contributed by atoms with Crippen molar-refractivity contribution >= 4 is 11.7 Å². The van der Waals surface area contributed by atoms with E-state index in [1.807, 2.05) is 31.3 Å². The first-order valence-electron chi connectivity index (χ1n) is 5.50. The average Bonchev–Trinajstić information content (AvgIpc) is 2.80. The maximum Gasteiger partial charge on any atom is 0.413 e. The molecular formula is C13H15NO2. The summed E-state index contributed by atoms with van der Waals surface area (Å²) in [5.41, 5.74) is 2.36. The minimum Gasteiger partial charge on any atom is -0.449 e. The highest BCUT2D eigenvalue weighted by Crippen LogP contribution is 2.24. The molecule has 0 radical (unpaired) electrons. The number of ether oxygens (including phenoxy) is 1. The molecule has 0 saturated heterocycles. The van der Waals surface area contributed by atoms with Gasteiger partial charge in [0.05, 0.1) is 6.61 Å². The molecule has 1 heterocycles. The molecule has 0 atom stereocenters. The Bertz CT molecular complexity index is 398. The highest BCUT2D eigenvalue weighted by atomic mass is 16.6. The predicted octanol–water partition coefficient (Wildman–Crippen LogP) is 2.89. The maximum absolute atomic E-state index is 11.5. The number of nitrogens with zero attached hydrogens (tertiary/aromatic N) is 1. The molecule has 0 spiro atoms. The molecule has 0 aliphatic carbocycles. The Kier molecular flexibility index (Phi) is 3.25. The molecule has 0 bridgehead atoms. The largest absolute Gasteiger partial charge is 0.449 e. The van der Waals surface area contributed by atoms with Crippen LogP contribution in [-0.4, -0.2) is 24.1 Å². The highest BCUT2D eigenvalue weighted by molar-refractivity contribution is 5.76. The number of carbonyl (C=O) groups excluding carboxylic acids is 1. The summed E-state index contributed by atoms with van der Waals surface area (Å²) in [6.45, 7) is 2.95. The maximum atomic E-state index is 11.5. The van der Waals surface area contributed by atoms with Gasteiger partial charge in [0.2, 0.25) is 0 Å². The summed E-state index contributed by atoms with van der Waals surface area (Å²) >= 11 is 0. The smallest absolute Gasteiger partial charge is 0.413 e. The third kappa shape index (κ3) is 2.24. The second-order valence-electron chi connectivity index (χ2n) is 3.66. The third-order valence-electron chi connectivity index (χ3n) is 2.58. The van der Waals surface area contributed by atoms with Crippen molar-refractivity contribution in [2.24, 2.45) is 0 Å². The van der Waals surface area contributed by atoms with Crippen LogP contribution in [0.25, 0.3) is 5.57 Å². The Balaban J connectivity index is 2.09. The summed E-state index contributed by atoms with van der Waals surface area (Å²) in [4.78, 5) is 13.1. The standard InChI is InChI=1S/C13H15NO2/c1-2-16-13(15)14-9-8-12(10-14)11-6-4-3-5-7-11/h3-7,10H,2,8-9H2,1H3. The number of benzene rings is 1. The van der Waals surface area contributed by atoms with Gasteiger partial charge in [0.25, 0.3) is 0 Å². The van der Waals surface area contributed by atoms with Crippen LogP contribution in [0.2, 0.25) is 0 Å². The van der Waals surface area contributed by atoms with Gasteiger partial charge in [-0.15, -0.1) is 0 Å². The molecule has 16 heavy (non-hydrogen) atoms. The van der Waals surface area contributed by atoms with Crippen LogP contribution in [0.3, 0.4) is 0 Å². The van der Waals surface area contributed by atoms with E-state index in [1.54, 1.807) is 4.90 Å². The molecular weight excluding hydrogens is 202 g/mol. The lowest BCUT2D eigenvalue weighted by molar-refractivity contribution is 0.125. The molecule has 0 aromatic heterocycles. The Labute approximate surface area is 95.3 Å². The van der Waals surface area contributed by atoms with Crippen LogP contribution in [0.4, 0.5) is 4.79 Å². The van der Waals surface area contributed by atoms with Crippen LogP contribution in [0, 0.1) is 0 Å². The molecule has 2 rings (SSSR count). The molecule has 0 fully saturated rings. The predicted molar refractivity (Wildman–Crippen MR) is 62.8 cm³/mol. The van der Waals surface area contributed by atoms with Gasteiger partial charge in [0, 0.05) is 12.7 Å². The zero-order valence-corrected chi connectivity index (χ0v) is 9.35. The Morgan fingerprint density at radius 1 is 1.38 bits per heavy atom. The van der Waals surface area contributed by atoms with Gasteiger partial charge in [-0.05, 0) is 24.5 Å². The fourth-order valence-corrected chi connectivity index (χ4v) is 1.78. The SMILES string of the molecule is CCOC(=O)N1C=C(c2ccccc2)CC1. The summed E-state index contributed by atoms with van der Waals surface area (Å²) in [5.74, 6) is 0. The molecule has 1 amide bonds. The van der Waals surface area contributed by atoms with Crippen LogP contribution >= 0.6 is 0 Å². The molecule has 0 unspecified atom stereocenters. The van der Waals surface area contributed by atoms with Crippen molar-refractivity contribution in [1.29, 1.82) is 0 Å². The quantitative estimate of drug-likeness (QED) is 0.762. The number of amides is 1. The van der Waals surface area contributed by atoms with E-state index in [0.29, 0.717) is 13.2 Å². The summed E-state index contributed by atoms with van der Waals surface area (Å²) < 4.78 is 4.95. The van der Waals surface area contributed by atoms with Crippen LogP contribution in [0.5, 0.6) is 0 Å². The summed E-state index contributed by atoms with van der Waals surface area (Å²) in [5, 5.41) is 0. The van der Waals surface area contributed by atoms with Gasteiger partial charge in [-0.25, -0.2) is 4.79 Å². The molecule has 1 aliphatic heterocycles. The van der Waals surface area contributed by atoms with Gasteiger partial charge in [0.15, 0.2) is 0 Å². The van der Waals surface area contributed by atoms with E-state index in [9.17, 15) is 4.79 Å². The van der Waals surface area contributed by atoms with Crippen LogP contribution in [-0.2, 0) is 4.74 Å². The second kappa shape index (κ2) is 4.84. The van der Waals surface area contributed by atoms with E-state index in [0.717, 1.165) is 6.42 Å². The van der Waals surface area contributed by atoms with E-state index in [1.165, 1.54) is 11.1 Å². The zero-order valence-electron chi connectivity index (χ0n) is 9.35. The van der Waals surface area contributed by atoms with Crippen molar-refractivity contribution in [2.75, 3.05) is 13.2 Å². The van der Waals surface area contributed by atoms with E-state index in [4.69, 9.17) is 4.74 Å². The minimum absolute atomic E-state index is 0.256. The molecule has 84 valence electrons. The first-order chi connectivity index (χ1) is 7.81. The molecule has 1 aromatic carbocycles. The van der Waals surface area contributed by atoms with E-state index in [2.05, 4.69) is 12.1 Å². The summed E-state index contributed by atoms with van der Waals surface area (Å²) in [6.07, 6.45) is 2.52. The topological polar surface area (TPSA) is 29.5 Å². The van der Waals surface area contributed by atoms with Crippen LogP contribution in [0.15, 0.2) is 36.5 Å². The lowest BCUT2D eigenvalue weighted by Crippen LogP contribution is -2.24. The van der Waals surface area contributed by atoms with E-state index in [-0.39, 0.29) is 6.09 Å². The van der Waals surface area contributed by atoms with Gasteiger partial charge in [-0.1, -0.05) is 30.3 Å². The lowest BCUT2D eigenvalue weighted by atomic mass is 10.1. The third-order valence-corrected chi connectivity index (χ3v) is 2.58. The molecule has 0 saturated carbocycles. The Morgan fingerprint density at radius 2 is 2.12 bits per heavy atom. The van der Waals surface area contributed by atoms with Crippen molar-refractivity contribution < 1.29 is 9.53 Å². The number of hydrogen-bond donors (Lipinski definition) is 0. The number of carbonyl (C=O) groups is 1. The van der Waals surface area contributed by atoms with Crippen molar-refractivity contribution in [3.63, 3.8) is 0 Å². The fourth-order valence-electron chi connectivity index (χ4n) is 1.78. The fraction of sp³-hybridized carbons (Fsp3) is 0.308. The molecule has 3 heteroatoms. The normalized spacial score (nSPS) is 14.8. The van der Waals surface area contributed by atoms with Gasteiger partial charge < -0.3 is 4.74 Å². The first kappa shape index (κ1) is 10.7. The van der Waals surface area contributed by atoms with Crippen molar-refractivity contribution in [3.05, 3.63) is 42.1 Å². The number of hydrogen-bond acceptors (Lipinski definition) is 2. The zero-order chi connectivity index (χ0) is 11.4. The van der Waals surface area contributed by atoms with E-state index < -0.39 is 0 Å². The second-order valence-corrected chi connectivity index (χ2v) is 3.66. The van der Waals surface area contributed by atoms with Gasteiger partial charge in [-0.2, -0.15) is 0 Å². The molecule has 3 nitrogen and oxygen atoms in total. The average molecular weight is 217 g/mol. The van der Waals surface area contributed by atoms with Crippen LogP contribution in [0.1, 0.15) is 18.9 Å². The number of rotatable bonds is 2. The first-order valence-corrected chi connectivity index (χ1v) is 5.50. The molecule has 0 N–H and O–H groups in total. The summed E-state index contributed by atoms with van der Waals surface area (Å²) in [7, 11) is 0. The van der Waals surface area contributed by atoms with E-state index >= 15 is 0 Å². The highest BCUT2D eigenvalue weighted by Gasteiger charge is 2.19. The van der Waals surface area contributed by atoms with Crippen molar-refractivity contribution in [2.45, 2.75) is 13.3 Å². The van der Waals surface area contributed by atoms with Gasteiger partial charge >= 0.3 is 6.09 Å². The van der Waals surface area contributed by atoms with Gasteiger partial charge in [-0.3, -0.25) is 4.90 Å². The van der Waals surface area contributed by atoms with Crippen LogP contribution < -0.4 is 0 Å². The van der Waals surface area contributed by atoms with Crippen molar-refractivity contribution in [3.8, 4) is 0 Å². The Morgan fingerprint density at radius 3 is 2.81 bits per heavy atom. The summed E-state index contributed by atoms with van der Waals surface area (Å²) in [6, 6.07) is 10.1. The van der Waals surface area contributed by atoms with Gasteiger partial charge in [0.1, 0.15) is 0 Å². The van der Waals surface area contributed by atoms with Crippen molar-refractivity contribution in [1.82, 2.24) is 4.90 Å². The minimum atomic E-state index is -0.256.